The Morgan fingerprint density at radius 2 is 1.84 bits per heavy atom. The van der Waals surface area contributed by atoms with Crippen LogP contribution < -0.4 is 9.04 Å². The number of rotatable bonds is 6. The number of nitrogens with zero attached hydrogens (tertiary/aromatic N) is 1. The standard InChI is InChI=1S/C17H18FNO5S/c1-4-19(15-8-6-5-7-13(15)17(20)24-3)25(21,22)12-9-10-16(23-2)14(18)11-12/h5-11H,4H2,1-3H3. The van der Waals surface area contributed by atoms with Gasteiger partial charge in [-0.05, 0) is 37.3 Å². The number of benzene rings is 2. The maximum absolute atomic E-state index is 13.9. The van der Waals surface area contributed by atoms with E-state index in [0.29, 0.717) is 0 Å². The lowest BCUT2D eigenvalue weighted by atomic mass is 10.2. The zero-order valence-corrected chi connectivity index (χ0v) is 14.8. The summed E-state index contributed by atoms with van der Waals surface area (Å²) in [4.78, 5) is 11.7. The first-order chi connectivity index (χ1) is 11.9. The van der Waals surface area contributed by atoms with E-state index in [9.17, 15) is 17.6 Å². The van der Waals surface area contributed by atoms with Gasteiger partial charge < -0.3 is 9.47 Å². The van der Waals surface area contributed by atoms with Gasteiger partial charge in [-0.3, -0.25) is 4.31 Å². The van der Waals surface area contributed by atoms with Crippen LogP contribution in [0.3, 0.4) is 0 Å². The molecule has 0 radical (unpaired) electrons. The van der Waals surface area contributed by atoms with Crippen molar-refractivity contribution in [2.45, 2.75) is 11.8 Å². The number of hydrogen-bond acceptors (Lipinski definition) is 5. The summed E-state index contributed by atoms with van der Waals surface area (Å²) in [6, 6.07) is 9.54. The monoisotopic (exact) mass is 367 g/mol. The van der Waals surface area contributed by atoms with E-state index in [1.165, 1.54) is 38.5 Å². The van der Waals surface area contributed by atoms with E-state index in [1.54, 1.807) is 19.1 Å². The molecule has 2 rings (SSSR count). The molecule has 25 heavy (non-hydrogen) atoms. The third-order valence-corrected chi connectivity index (χ3v) is 5.46. The molecule has 2 aromatic carbocycles. The molecule has 0 saturated carbocycles. The highest BCUT2D eigenvalue weighted by Gasteiger charge is 2.28. The molecular weight excluding hydrogens is 349 g/mol. The molecule has 134 valence electrons. The molecule has 0 N–H and O–H groups in total. The molecule has 8 heteroatoms. The number of hydrogen-bond donors (Lipinski definition) is 0. The summed E-state index contributed by atoms with van der Waals surface area (Å²) in [5.41, 5.74) is 0.262. The second-order valence-electron chi connectivity index (χ2n) is 4.97. The zero-order chi connectivity index (χ0) is 18.6. The molecule has 0 aliphatic carbocycles. The third-order valence-electron chi connectivity index (χ3n) is 3.58. The Bertz CT molecular complexity index is 882. The molecule has 2 aromatic rings. The van der Waals surface area contributed by atoms with Crippen LogP contribution in [0.2, 0.25) is 0 Å². The van der Waals surface area contributed by atoms with Crippen LogP contribution in [0.25, 0.3) is 0 Å². The predicted octanol–water partition coefficient (Wildman–Crippen LogP) is 2.84. The Morgan fingerprint density at radius 3 is 2.40 bits per heavy atom. The SMILES string of the molecule is CCN(c1ccccc1C(=O)OC)S(=O)(=O)c1ccc(OC)c(F)c1. The van der Waals surface area contributed by atoms with Crippen LogP contribution >= 0.6 is 0 Å². The van der Waals surface area contributed by atoms with Crippen molar-refractivity contribution in [3.05, 3.63) is 53.8 Å². The molecule has 0 spiro atoms. The van der Waals surface area contributed by atoms with Crippen molar-refractivity contribution < 1.29 is 27.1 Å². The summed E-state index contributed by atoms with van der Waals surface area (Å²) < 4.78 is 50.4. The van der Waals surface area contributed by atoms with E-state index in [0.717, 1.165) is 10.4 Å². The molecule has 0 aliphatic rings. The molecule has 0 saturated heterocycles. The van der Waals surface area contributed by atoms with Crippen LogP contribution in [-0.2, 0) is 14.8 Å². The number of ether oxygens (including phenoxy) is 2. The second kappa shape index (κ2) is 7.52. The van der Waals surface area contributed by atoms with Gasteiger partial charge in [-0.2, -0.15) is 0 Å². The van der Waals surface area contributed by atoms with E-state index in [4.69, 9.17) is 9.47 Å². The quantitative estimate of drug-likeness (QED) is 0.734. The Kier molecular flexibility index (Phi) is 5.63. The Hall–Kier alpha value is -2.61. The minimum absolute atomic E-state index is 0.0456. The van der Waals surface area contributed by atoms with Crippen LogP contribution in [0.1, 0.15) is 17.3 Å². The van der Waals surface area contributed by atoms with Crippen molar-refractivity contribution in [3.8, 4) is 5.75 Å². The van der Waals surface area contributed by atoms with Crippen molar-refractivity contribution in [1.82, 2.24) is 0 Å². The van der Waals surface area contributed by atoms with Crippen molar-refractivity contribution in [1.29, 1.82) is 0 Å². The van der Waals surface area contributed by atoms with Gasteiger partial charge in [-0.15, -0.1) is 0 Å². The first kappa shape index (κ1) is 18.7. The number of halogens is 1. The molecule has 0 fully saturated rings. The van der Waals surface area contributed by atoms with Gasteiger partial charge in [-0.25, -0.2) is 17.6 Å². The van der Waals surface area contributed by atoms with Crippen molar-refractivity contribution in [2.24, 2.45) is 0 Å². The summed E-state index contributed by atoms with van der Waals surface area (Å²) in [6.45, 7) is 1.66. The van der Waals surface area contributed by atoms with Crippen molar-refractivity contribution >= 4 is 21.7 Å². The molecule has 0 aromatic heterocycles. The highest BCUT2D eigenvalue weighted by atomic mass is 32.2. The van der Waals surface area contributed by atoms with Gasteiger partial charge in [0.05, 0.1) is 30.4 Å². The predicted molar refractivity (Wildman–Crippen MR) is 90.9 cm³/mol. The maximum atomic E-state index is 13.9. The number of para-hydroxylation sites is 1. The zero-order valence-electron chi connectivity index (χ0n) is 14.0. The molecule has 0 bridgehead atoms. The van der Waals surface area contributed by atoms with E-state index in [1.807, 2.05) is 0 Å². The lowest BCUT2D eigenvalue weighted by Gasteiger charge is -2.24. The number of carbonyl (C=O) groups excluding carboxylic acids is 1. The van der Waals surface area contributed by atoms with E-state index < -0.39 is 21.8 Å². The Labute approximate surface area is 145 Å². The number of esters is 1. The third kappa shape index (κ3) is 3.58. The molecule has 0 unspecified atom stereocenters. The number of sulfonamides is 1. The fraction of sp³-hybridized carbons (Fsp3) is 0.235. The van der Waals surface area contributed by atoms with Crippen molar-refractivity contribution in [2.75, 3.05) is 25.1 Å². The lowest BCUT2D eigenvalue weighted by Crippen LogP contribution is -2.32. The topological polar surface area (TPSA) is 72.9 Å². The molecule has 0 aliphatic heterocycles. The highest BCUT2D eigenvalue weighted by Crippen LogP contribution is 2.29. The summed E-state index contributed by atoms with van der Waals surface area (Å²) in [5, 5.41) is 0. The fourth-order valence-corrected chi connectivity index (χ4v) is 3.88. The number of methoxy groups -OCH3 is 2. The van der Waals surface area contributed by atoms with Crippen LogP contribution in [0.4, 0.5) is 10.1 Å². The fourth-order valence-electron chi connectivity index (χ4n) is 2.38. The molecule has 0 atom stereocenters. The number of anilines is 1. The average molecular weight is 367 g/mol. The van der Waals surface area contributed by atoms with Gasteiger partial charge in [0.1, 0.15) is 0 Å². The van der Waals surface area contributed by atoms with Gasteiger partial charge >= 0.3 is 5.97 Å². The lowest BCUT2D eigenvalue weighted by molar-refractivity contribution is 0.0601. The summed E-state index contributed by atoms with van der Waals surface area (Å²) in [6.07, 6.45) is 0. The van der Waals surface area contributed by atoms with Crippen LogP contribution in [0.5, 0.6) is 5.75 Å². The van der Waals surface area contributed by atoms with Gasteiger partial charge in [0, 0.05) is 6.54 Å². The molecule has 6 nitrogen and oxygen atoms in total. The molecule has 0 heterocycles. The second-order valence-corrected chi connectivity index (χ2v) is 6.84. The Morgan fingerprint density at radius 1 is 1.16 bits per heavy atom. The van der Waals surface area contributed by atoms with Crippen LogP contribution in [-0.4, -0.2) is 35.2 Å². The summed E-state index contributed by atoms with van der Waals surface area (Å²) in [7, 11) is -1.59. The smallest absolute Gasteiger partial charge is 0.340 e. The minimum atomic E-state index is -4.09. The molecular formula is C17H18FNO5S. The van der Waals surface area contributed by atoms with Gasteiger partial charge in [0.15, 0.2) is 11.6 Å². The normalized spacial score (nSPS) is 11.0. The van der Waals surface area contributed by atoms with E-state index in [-0.39, 0.29) is 28.4 Å². The van der Waals surface area contributed by atoms with Gasteiger partial charge in [0.25, 0.3) is 10.0 Å². The Balaban J connectivity index is 2.57. The first-order valence-corrected chi connectivity index (χ1v) is 8.84. The maximum Gasteiger partial charge on any atom is 0.340 e. The minimum Gasteiger partial charge on any atom is -0.494 e. The average Bonchev–Trinajstić information content (AvgIpc) is 2.61. The largest absolute Gasteiger partial charge is 0.494 e. The van der Waals surface area contributed by atoms with Crippen LogP contribution in [0.15, 0.2) is 47.4 Å². The van der Waals surface area contributed by atoms with Crippen LogP contribution in [0, 0.1) is 5.82 Å². The molecule has 0 amide bonds. The number of carbonyl (C=O) groups is 1. The van der Waals surface area contributed by atoms with E-state index in [2.05, 4.69) is 0 Å². The summed E-state index contributed by atoms with van der Waals surface area (Å²) in [5.74, 6) is -1.51. The summed E-state index contributed by atoms with van der Waals surface area (Å²) >= 11 is 0. The van der Waals surface area contributed by atoms with E-state index >= 15 is 0 Å². The highest BCUT2D eigenvalue weighted by molar-refractivity contribution is 7.92. The van der Waals surface area contributed by atoms with Crippen molar-refractivity contribution in [3.63, 3.8) is 0 Å². The van der Waals surface area contributed by atoms with Gasteiger partial charge in [-0.1, -0.05) is 12.1 Å². The van der Waals surface area contributed by atoms with Gasteiger partial charge in [0.2, 0.25) is 0 Å². The first-order valence-electron chi connectivity index (χ1n) is 7.40.